The van der Waals surface area contributed by atoms with Gasteiger partial charge in [0.25, 0.3) is 0 Å². The van der Waals surface area contributed by atoms with Crippen molar-refractivity contribution < 1.29 is 8.42 Å². The lowest BCUT2D eigenvalue weighted by atomic mass is 10.0. The lowest BCUT2D eigenvalue weighted by Crippen LogP contribution is -2.47. The van der Waals surface area contributed by atoms with Crippen LogP contribution in [0, 0.1) is 0 Å². The van der Waals surface area contributed by atoms with Gasteiger partial charge in [-0.25, -0.2) is 13.4 Å². The number of nitrogens with zero attached hydrogens (tertiary/aromatic N) is 2. The van der Waals surface area contributed by atoms with Gasteiger partial charge in [-0.15, -0.1) is 0 Å². The Labute approximate surface area is 135 Å². The SMILES string of the molecule is NC1=NC(N)(c2ccccc2S(=O)(=O)N2CCNCC2)C=CN1. The number of aliphatic imine (C=N–C) groups is 1. The molecular formula is C14H20N6O2S. The second kappa shape index (κ2) is 5.93. The van der Waals surface area contributed by atoms with Crippen molar-refractivity contribution in [3.05, 3.63) is 42.1 Å². The van der Waals surface area contributed by atoms with Crippen LogP contribution in [-0.2, 0) is 15.7 Å². The zero-order valence-electron chi connectivity index (χ0n) is 12.6. The molecule has 3 rings (SSSR count). The Hall–Kier alpha value is -1.94. The third kappa shape index (κ3) is 2.95. The van der Waals surface area contributed by atoms with Crippen LogP contribution in [0.3, 0.4) is 0 Å². The van der Waals surface area contributed by atoms with E-state index >= 15 is 0 Å². The van der Waals surface area contributed by atoms with Crippen molar-refractivity contribution in [1.29, 1.82) is 0 Å². The van der Waals surface area contributed by atoms with E-state index in [1.165, 1.54) is 4.31 Å². The van der Waals surface area contributed by atoms with Crippen LogP contribution in [0.15, 0.2) is 46.4 Å². The summed E-state index contributed by atoms with van der Waals surface area (Å²) in [6, 6.07) is 6.65. The van der Waals surface area contributed by atoms with Gasteiger partial charge in [-0.1, -0.05) is 18.2 Å². The van der Waals surface area contributed by atoms with Crippen molar-refractivity contribution in [3.63, 3.8) is 0 Å². The number of hydrogen-bond donors (Lipinski definition) is 4. The van der Waals surface area contributed by atoms with Crippen molar-refractivity contribution in [3.8, 4) is 0 Å². The minimum Gasteiger partial charge on any atom is -0.370 e. The lowest BCUT2D eigenvalue weighted by Gasteiger charge is -2.31. The van der Waals surface area contributed by atoms with Gasteiger partial charge in [0.05, 0.1) is 4.90 Å². The molecule has 1 aromatic rings. The number of hydrogen-bond acceptors (Lipinski definition) is 7. The van der Waals surface area contributed by atoms with Crippen molar-refractivity contribution in [2.24, 2.45) is 16.5 Å². The molecule has 1 saturated heterocycles. The Kier molecular flexibility index (Phi) is 4.11. The minimum atomic E-state index is -3.65. The van der Waals surface area contributed by atoms with E-state index in [9.17, 15) is 8.42 Å². The number of guanidine groups is 1. The summed E-state index contributed by atoms with van der Waals surface area (Å²) in [6.07, 6.45) is 3.16. The van der Waals surface area contributed by atoms with E-state index in [0.29, 0.717) is 31.7 Å². The summed E-state index contributed by atoms with van der Waals surface area (Å²) in [7, 11) is -3.65. The number of piperazine rings is 1. The van der Waals surface area contributed by atoms with E-state index in [2.05, 4.69) is 15.6 Å². The van der Waals surface area contributed by atoms with Crippen LogP contribution in [0.1, 0.15) is 5.56 Å². The molecule has 0 saturated carbocycles. The molecular weight excluding hydrogens is 316 g/mol. The summed E-state index contributed by atoms with van der Waals surface area (Å²) in [5, 5.41) is 5.87. The Morgan fingerprint density at radius 1 is 1.22 bits per heavy atom. The monoisotopic (exact) mass is 336 g/mol. The zero-order valence-corrected chi connectivity index (χ0v) is 13.4. The molecule has 9 heteroatoms. The summed E-state index contributed by atoms with van der Waals surface area (Å²) < 4.78 is 27.5. The summed E-state index contributed by atoms with van der Waals surface area (Å²) in [6.45, 7) is 2.11. The Balaban J connectivity index is 2.08. The number of nitrogens with one attached hydrogen (secondary N) is 2. The first-order valence-corrected chi connectivity index (χ1v) is 8.76. The summed E-state index contributed by atoms with van der Waals surface area (Å²) >= 11 is 0. The highest BCUT2D eigenvalue weighted by Gasteiger charge is 2.35. The van der Waals surface area contributed by atoms with Crippen LogP contribution in [0.2, 0.25) is 0 Å². The van der Waals surface area contributed by atoms with Crippen LogP contribution in [0.25, 0.3) is 0 Å². The van der Waals surface area contributed by atoms with Crippen LogP contribution in [0.5, 0.6) is 0 Å². The van der Waals surface area contributed by atoms with Gasteiger partial charge in [0, 0.05) is 37.9 Å². The Morgan fingerprint density at radius 3 is 2.61 bits per heavy atom. The number of benzene rings is 1. The second-order valence-electron chi connectivity index (χ2n) is 5.45. The third-order valence-corrected chi connectivity index (χ3v) is 5.84. The smallest absolute Gasteiger partial charge is 0.243 e. The molecule has 0 amide bonds. The van der Waals surface area contributed by atoms with E-state index in [4.69, 9.17) is 11.5 Å². The molecule has 0 spiro atoms. The van der Waals surface area contributed by atoms with Crippen LogP contribution in [-0.4, -0.2) is 44.9 Å². The molecule has 8 nitrogen and oxygen atoms in total. The quantitative estimate of drug-likeness (QED) is 0.551. The fourth-order valence-corrected chi connectivity index (χ4v) is 4.42. The predicted molar refractivity (Wildman–Crippen MR) is 87.8 cm³/mol. The van der Waals surface area contributed by atoms with E-state index in [-0.39, 0.29) is 10.9 Å². The summed E-state index contributed by atoms with van der Waals surface area (Å²) in [4.78, 5) is 4.34. The normalized spacial score (nSPS) is 25.7. The molecule has 23 heavy (non-hydrogen) atoms. The van der Waals surface area contributed by atoms with Gasteiger partial charge >= 0.3 is 0 Å². The number of nitrogens with two attached hydrogens (primary N) is 2. The fraction of sp³-hybridized carbons (Fsp3) is 0.357. The van der Waals surface area contributed by atoms with Crippen molar-refractivity contribution in [1.82, 2.24) is 14.9 Å². The van der Waals surface area contributed by atoms with E-state index in [0.717, 1.165) is 0 Å². The molecule has 6 N–H and O–H groups in total. The van der Waals surface area contributed by atoms with Gasteiger partial charge in [0.15, 0.2) is 11.6 Å². The minimum absolute atomic E-state index is 0.143. The van der Waals surface area contributed by atoms with E-state index in [1.807, 2.05) is 0 Å². The number of sulfonamides is 1. The molecule has 1 unspecified atom stereocenters. The molecule has 124 valence electrons. The molecule has 0 aliphatic carbocycles. The first kappa shape index (κ1) is 15.9. The Bertz CT molecular complexity index is 754. The zero-order chi connectivity index (χ0) is 16.5. The highest BCUT2D eigenvalue weighted by atomic mass is 32.2. The Morgan fingerprint density at radius 2 is 1.91 bits per heavy atom. The van der Waals surface area contributed by atoms with Crippen LogP contribution >= 0.6 is 0 Å². The maximum absolute atomic E-state index is 13.0. The van der Waals surface area contributed by atoms with Gasteiger partial charge in [0.1, 0.15) is 0 Å². The van der Waals surface area contributed by atoms with Crippen molar-refractivity contribution in [2.75, 3.05) is 26.2 Å². The molecule has 0 radical (unpaired) electrons. The van der Waals surface area contributed by atoms with Gasteiger partial charge in [-0.2, -0.15) is 4.31 Å². The second-order valence-corrected chi connectivity index (χ2v) is 7.36. The maximum Gasteiger partial charge on any atom is 0.243 e. The first-order valence-electron chi connectivity index (χ1n) is 7.32. The van der Waals surface area contributed by atoms with Crippen molar-refractivity contribution in [2.45, 2.75) is 10.6 Å². The van der Waals surface area contributed by atoms with Gasteiger partial charge < -0.3 is 16.4 Å². The van der Waals surface area contributed by atoms with E-state index < -0.39 is 15.7 Å². The van der Waals surface area contributed by atoms with Crippen LogP contribution < -0.4 is 22.1 Å². The third-order valence-electron chi connectivity index (χ3n) is 3.89. The standard InChI is InChI=1S/C14H20N6O2S/c15-13-18-6-5-14(16,19-13)11-3-1-2-4-12(11)23(21,22)20-9-7-17-8-10-20/h1-6,17H,7-10,16H2,(H3,15,18,19). The summed E-state index contributed by atoms with van der Waals surface area (Å²) in [5.74, 6) is 0.143. The number of rotatable bonds is 3. The fourth-order valence-electron chi connectivity index (χ4n) is 2.72. The molecule has 0 bridgehead atoms. The van der Waals surface area contributed by atoms with Gasteiger partial charge in [-0.05, 0) is 12.1 Å². The molecule has 2 aliphatic rings. The largest absolute Gasteiger partial charge is 0.370 e. The molecule has 1 atom stereocenters. The average molecular weight is 336 g/mol. The highest BCUT2D eigenvalue weighted by Crippen LogP contribution is 2.31. The molecule has 0 aromatic heterocycles. The molecule has 1 aromatic carbocycles. The maximum atomic E-state index is 13.0. The summed E-state index contributed by atoms with van der Waals surface area (Å²) in [5.41, 5.74) is 11.1. The predicted octanol–water partition coefficient (Wildman–Crippen LogP) is -1.18. The molecule has 2 heterocycles. The van der Waals surface area contributed by atoms with E-state index in [1.54, 1.807) is 36.5 Å². The molecule has 2 aliphatic heterocycles. The van der Waals surface area contributed by atoms with Gasteiger partial charge in [-0.3, -0.25) is 5.73 Å². The first-order chi connectivity index (χ1) is 10.9. The topological polar surface area (TPSA) is 126 Å². The van der Waals surface area contributed by atoms with Crippen LogP contribution in [0.4, 0.5) is 0 Å². The average Bonchev–Trinajstić information content (AvgIpc) is 2.55. The van der Waals surface area contributed by atoms with Gasteiger partial charge in [0.2, 0.25) is 10.0 Å². The highest BCUT2D eigenvalue weighted by molar-refractivity contribution is 7.89. The van der Waals surface area contributed by atoms with Crippen molar-refractivity contribution >= 4 is 16.0 Å². The molecule has 1 fully saturated rings. The lowest BCUT2D eigenvalue weighted by molar-refractivity contribution is 0.359.